The molecule has 9 nitrogen and oxygen atoms in total. The Morgan fingerprint density at radius 2 is 1.59 bits per heavy atom. The van der Waals surface area contributed by atoms with Gasteiger partial charge in [-0.3, -0.25) is 4.79 Å². The van der Waals surface area contributed by atoms with Crippen LogP contribution in [0, 0.1) is 6.92 Å². The van der Waals surface area contributed by atoms with Gasteiger partial charge >= 0.3 is 12.0 Å². The standard InChI is InChI=1S/C28H31N3O6/c1-19-6-4-5-7-24(19)30-28(34)31-25-13-8-20(17-26(25)35-2)16-22(32)18-29-14-15-37-23-11-9-21(10-12-23)27(33)36-3/h4-13,17,29H,14-16,18H2,1-3H3,(H2,30,31,34). The maximum Gasteiger partial charge on any atom is 0.337 e. The Morgan fingerprint density at radius 1 is 0.865 bits per heavy atom. The Kier molecular flexibility index (Phi) is 10.0. The van der Waals surface area contributed by atoms with E-state index in [-0.39, 0.29) is 24.8 Å². The van der Waals surface area contributed by atoms with Crippen LogP contribution in [0.4, 0.5) is 16.2 Å². The van der Waals surface area contributed by atoms with E-state index in [4.69, 9.17) is 9.47 Å². The number of esters is 1. The number of ether oxygens (including phenoxy) is 3. The molecule has 0 aliphatic rings. The van der Waals surface area contributed by atoms with E-state index in [1.54, 1.807) is 42.5 Å². The molecule has 3 aromatic carbocycles. The number of carbonyl (C=O) groups excluding carboxylic acids is 3. The van der Waals surface area contributed by atoms with Crippen LogP contribution in [0.1, 0.15) is 21.5 Å². The van der Waals surface area contributed by atoms with Crippen molar-refractivity contribution in [2.45, 2.75) is 13.3 Å². The van der Waals surface area contributed by atoms with Gasteiger partial charge in [-0.1, -0.05) is 24.3 Å². The molecule has 0 spiro atoms. The molecule has 0 unspecified atom stereocenters. The number of rotatable bonds is 12. The van der Waals surface area contributed by atoms with Gasteiger partial charge in [0.25, 0.3) is 0 Å². The molecule has 3 N–H and O–H groups in total. The van der Waals surface area contributed by atoms with Crippen molar-refractivity contribution in [3.63, 3.8) is 0 Å². The second-order valence-electron chi connectivity index (χ2n) is 8.19. The third-order valence-corrected chi connectivity index (χ3v) is 5.45. The van der Waals surface area contributed by atoms with Gasteiger partial charge in [0.2, 0.25) is 0 Å². The Labute approximate surface area is 216 Å². The number of amides is 2. The molecule has 0 aliphatic heterocycles. The molecule has 0 aliphatic carbocycles. The second kappa shape index (κ2) is 13.6. The predicted molar refractivity (Wildman–Crippen MR) is 142 cm³/mol. The number of carbonyl (C=O) groups is 3. The minimum absolute atomic E-state index is 0.00230. The second-order valence-corrected chi connectivity index (χ2v) is 8.19. The van der Waals surface area contributed by atoms with Gasteiger partial charge in [0.1, 0.15) is 18.1 Å². The molecule has 3 aromatic rings. The molecular weight excluding hydrogens is 474 g/mol. The summed E-state index contributed by atoms with van der Waals surface area (Å²) in [4.78, 5) is 36.3. The number of Topliss-reactive ketones (excluding diaryl/α,β-unsaturated/α-hetero) is 1. The molecule has 194 valence electrons. The molecule has 0 heterocycles. The Hall–Kier alpha value is -4.37. The van der Waals surface area contributed by atoms with Crippen LogP contribution in [0.25, 0.3) is 0 Å². The number of aryl methyl sites for hydroxylation is 1. The first-order valence-corrected chi connectivity index (χ1v) is 11.7. The lowest BCUT2D eigenvalue weighted by molar-refractivity contribution is -0.117. The SMILES string of the molecule is COC(=O)c1ccc(OCCNCC(=O)Cc2ccc(NC(=O)Nc3ccccc3C)c(OC)c2)cc1. The monoisotopic (exact) mass is 505 g/mol. The van der Waals surface area contributed by atoms with E-state index < -0.39 is 5.97 Å². The summed E-state index contributed by atoms with van der Waals surface area (Å²) in [6, 6.07) is 19.0. The van der Waals surface area contributed by atoms with Crippen molar-refractivity contribution in [2.24, 2.45) is 0 Å². The first-order valence-electron chi connectivity index (χ1n) is 11.7. The average molecular weight is 506 g/mol. The number of nitrogens with one attached hydrogen (secondary N) is 3. The molecule has 0 bridgehead atoms. The van der Waals surface area contributed by atoms with Crippen LogP contribution in [-0.4, -0.2) is 51.7 Å². The highest BCUT2D eigenvalue weighted by Crippen LogP contribution is 2.26. The summed E-state index contributed by atoms with van der Waals surface area (Å²) < 4.78 is 15.7. The maximum atomic E-state index is 12.4. The van der Waals surface area contributed by atoms with Crippen LogP contribution in [0.5, 0.6) is 11.5 Å². The molecule has 0 saturated heterocycles. The highest BCUT2D eigenvalue weighted by atomic mass is 16.5. The van der Waals surface area contributed by atoms with Gasteiger partial charge in [-0.15, -0.1) is 0 Å². The minimum atomic E-state index is -0.404. The molecule has 0 atom stereocenters. The van der Waals surface area contributed by atoms with Crippen LogP contribution in [0.3, 0.4) is 0 Å². The van der Waals surface area contributed by atoms with Gasteiger partial charge in [-0.25, -0.2) is 9.59 Å². The number of benzene rings is 3. The van der Waals surface area contributed by atoms with Gasteiger partial charge in [0.05, 0.1) is 32.0 Å². The largest absolute Gasteiger partial charge is 0.495 e. The molecule has 37 heavy (non-hydrogen) atoms. The van der Waals surface area contributed by atoms with E-state index >= 15 is 0 Å². The summed E-state index contributed by atoms with van der Waals surface area (Å²) in [6.07, 6.45) is 0.217. The Balaban J connectivity index is 1.42. The topological polar surface area (TPSA) is 115 Å². The van der Waals surface area contributed by atoms with Crippen molar-refractivity contribution in [1.29, 1.82) is 0 Å². The van der Waals surface area contributed by atoms with Crippen molar-refractivity contribution >= 4 is 29.2 Å². The summed E-state index contributed by atoms with van der Waals surface area (Å²) in [6.45, 7) is 2.94. The molecule has 0 fully saturated rings. The zero-order valence-electron chi connectivity index (χ0n) is 21.1. The third-order valence-electron chi connectivity index (χ3n) is 5.45. The van der Waals surface area contributed by atoms with Gasteiger partial charge in [-0.05, 0) is 60.5 Å². The van der Waals surface area contributed by atoms with E-state index in [1.165, 1.54) is 14.2 Å². The number of urea groups is 1. The quantitative estimate of drug-likeness (QED) is 0.249. The maximum absolute atomic E-state index is 12.4. The fraction of sp³-hybridized carbons (Fsp3) is 0.250. The van der Waals surface area contributed by atoms with E-state index in [0.717, 1.165) is 16.8 Å². The summed E-state index contributed by atoms with van der Waals surface area (Å²) in [5, 5.41) is 8.66. The highest BCUT2D eigenvalue weighted by molar-refractivity contribution is 6.01. The molecule has 0 aromatic heterocycles. The fourth-order valence-electron chi connectivity index (χ4n) is 3.50. The van der Waals surface area contributed by atoms with Crippen LogP contribution >= 0.6 is 0 Å². The zero-order valence-corrected chi connectivity index (χ0v) is 21.1. The highest BCUT2D eigenvalue weighted by Gasteiger charge is 2.12. The number of hydrogen-bond acceptors (Lipinski definition) is 7. The van der Waals surface area contributed by atoms with Crippen molar-refractivity contribution in [1.82, 2.24) is 5.32 Å². The number of ketones is 1. The van der Waals surface area contributed by atoms with Crippen molar-refractivity contribution < 1.29 is 28.6 Å². The van der Waals surface area contributed by atoms with Crippen LogP contribution in [-0.2, 0) is 16.0 Å². The number of para-hydroxylation sites is 1. The van der Waals surface area contributed by atoms with Crippen molar-refractivity contribution in [3.8, 4) is 11.5 Å². The van der Waals surface area contributed by atoms with Crippen molar-refractivity contribution in [3.05, 3.63) is 83.4 Å². The van der Waals surface area contributed by atoms with E-state index in [9.17, 15) is 14.4 Å². The van der Waals surface area contributed by atoms with Gasteiger partial charge in [0.15, 0.2) is 5.78 Å². The lowest BCUT2D eigenvalue weighted by atomic mass is 10.1. The summed E-state index contributed by atoms with van der Waals surface area (Å²) in [7, 11) is 2.84. The van der Waals surface area contributed by atoms with E-state index in [2.05, 4.69) is 20.7 Å². The van der Waals surface area contributed by atoms with Crippen LogP contribution in [0.2, 0.25) is 0 Å². The lowest BCUT2D eigenvalue weighted by Gasteiger charge is -2.13. The zero-order chi connectivity index (χ0) is 26.6. The first kappa shape index (κ1) is 27.2. The fourth-order valence-corrected chi connectivity index (χ4v) is 3.50. The van der Waals surface area contributed by atoms with E-state index in [1.807, 2.05) is 31.2 Å². The minimum Gasteiger partial charge on any atom is -0.495 e. The third kappa shape index (κ3) is 8.36. The molecule has 3 rings (SSSR count). The smallest absolute Gasteiger partial charge is 0.337 e. The number of anilines is 2. The molecular formula is C28H31N3O6. The molecule has 0 radical (unpaired) electrons. The lowest BCUT2D eigenvalue weighted by Crippen LogP contribution is -2.28. The first-order chi connectivity index (χ1) is 17.9. The molecule has 0 saturated carbocycles. The van der Waals surface area contributed by atoms with Crippen LogP contribution in [0.15, 0.2) is 66.7 Å². The Bertz CT molecular complexity index is 1230. The summed E-state index contributed by atoms with van der Waals surface area (Å²) in [5.74, 6) is 0.681. The number of hydrogen-bond donors (Lipinski definition) is 3. The molecule has 9 heteroatoms. The average Bonchev–Trinajstić information content (AvgIpc) is 2.90. The van der Waals surface area contributed by atoms with E-state index in [0.29, 0.717) is 35.9 Å². The summed E-state index contributed by atoms with van der Waals surface area (Å²) >= 11 is 0. The predicted octanol–water partition coefficient (Wildman–Crippen LogP) is 4.21. The van der Waals surface area contributed by atoms with Gasteiger partial charge < -0.3 is 30.2 Å². The van der Waals surface area contributed by atoms with Gasteiger partial charge in [-0.2, -0.15) is 0 Å². The van der Waals surface area contributed by atoms with Crippen molar-refractivity contribution in [2.75, 3.05) is 44.5 Å². The normalized spacial score (nSPS) is 10.4. The summed E-state index contributed by atoms with van der Waals surface area (Å²) in [5.41, 5.74) is 3.39. The molecule has 2 amide bonds. The van der Waals surface area contributed by atoms with Gasteiger partial charge in [0, 0.05) is 18.7 Å². The van der Waals surface area contributed by atoms with Crippen LogP contribution < -0.4 is 25.4 Å². The number of methoxy groups -OCH3 is 2. The Morgan fingerprint density at radius 3 is 2.30 bits per heavy atom.